The predicted octanol–water partition coefficient (Wildman–Crippen LogP) is 2.47. The highest BCUT2D eigenvalue weighted by molar-refractivity contribution is 5.79. The van der Waals surface area contributed by atoms with Crippen molar-refractivity contribution in [3.8, 4) is 11.5 Å². The van der Waals surface area contributed by atoms with Gasteiger partial charge in [0.25, 0.3) is 0 Å². The standard InChI is InChI=1S/C12H16O3/c1-4-5-10-9(8-13)6-7-11(14-2)12(10)15-3/h6-8H,4-5H2,1-3H3. The van der Waals surface area contributed by atoms with Gasteiger partial charge in [-0.15, -0.1) is 0 Å². The highest BCUT2D eigenvalue weighted by Gasteiger charge is 2.13. The lowest BCUT2D eigenvalue weighted by atomic mass is 10.0. The van der Waals surface area contributed by atoms with Gasteiger partial charge in [-0.1, -0.05) is 13.3 Å². The Balaban J connectivity index is 3.30. The van der Waals surface area contributed by atoms with E-state index in [-0.39, 0.29) is 0 Å². The lowest BCUT2D eigenvalue weighted by Gasteiger charge is -2.13. The molecule has 1 aromatic rings. The first-order chi connectivity index (χ1) is 7.28. The fraction of sp³-hybridized carbons (Fsp3) is 0.417. The number of hydrogen-bond donors (Lipinski definition) is 0. The number of hydrogen-bond acceptors (Lipinski definition) is 3. The van der Waals surface area contributed by atoms with E-state index in [1.165, 1.54) is 0 Å². The summed E-state index contributed by atoms with van der Waals surface area (Å²) in [6.07, 6.45) is 2.63. The van der Waals surface area contributed by atoms with Gasteiger partial charge < -0.3 is 9.47 Å². The average Bonchev–Trinajstić information content (AvgIpc) is 2.28. The van der Waals surface area contributed by atoms with E-state index in [1.807, 2.05) is 0 Å². The molecule has 0 aromatic heterocycles. The highest BCUT2D eigenvalue weighted by atomic mass is 16.5. The molecular weight excluding hydrogens is 192 g/mol. The third-order valence-electron chi connectivity index (χ3n) is 2.31. The first kappa shape index (κ1) is 11.6. The van der Waals surface area contributed by atoms with Crippen LogP contribution in [0, 0.1) is 0 Å². The minimum absolute atomic E-state index is 0.670. The Morgan fingerprint density at radius 1 is 1.27 bits per heavy atom. The van der Waals surface area contributed by atoms with Gasteiger partial charge in [0.2, 0.25) is 0 Å². The van der Waals surface area contributed by atoms with Crippen molar-refractivity contribution >= 4 is 6.29 Å². The molecule has 0 bridgehead atoms. The molecule has 0 unspecified atom stereocenters. The van der Waals surface area contributed by atoms with Crippen molar-refractivity contribution in [1.29, 1.82) is 0 Å². The molecule has 1 aromatic carbocycles. The summed E-state index contributed by atoms with van der Waals surface area (Å²) in [4.78, 5) is 10.9. The Hall–Kier alpha value is -1.51. The van der Waals surface area contributed by atoms with E-state index in [1.54, 1.807) is 26.4 Å². The highest BCUT2D eigenvalue weighted by Crippen LogP contribution is 2.33. The van der Waals surface area contributed by atoms with Crippen molar-refractivity contribution in [2.24, 2.45) is 0 Å². The van der Waals surface area contributed by atoms with Gasteiger partial charge >= 0.3 is 0 Å². The third kappa shape index (κ3) is 2.29. The minimum Gasteiger partial charge on any atom is -0.493 e. The molecule has 0 N–H and O–H groups in total. The van der Waals surface area contributed by atoms with Gasteiger partial charge in [-0.2, -0.15) is 0 Å². The minimum atomic E-state index is 0.670. The molecule has 82 valence electrons. The van der Waals surface area contributed by atoms with Crippen molar-refractivity contribution < 1.29 is 14.3 Å². The van der Waals surface area contributed by atoms with Crippen molar-refractivity contribution in [2.75, 3.05) is 14.2 Å². The van der Waals surface area contributed by atoms with Crippen LogP contribution in [0.2, 0.25) is 0 Å². The Kier molecular flexibility index (Phi) is 4.16. The van der Waals surface area contributed by atoms with Gasteiger partial charge in [0.15, 0.2) is 11.5 Å². The zero-order valence-corrected chi connectivity index (χ0v) is 9.37. The molecule has 0 atom stereocenters. The fourth-order valence-corrected chi connectivity index (χ4v) is 1.62. The van der Waals surface area contributed by atoms with Gasteiger partial charge in [0, 0.05) is 11.1 Å². The van der Waals surface area contributed by atoms with E-state index in [0.717, 1.165) is 24.7 Å². The Bertz CT molecular complexity index is 345. The van der Waals surface area contributed by atoms with E-state index < -0.39 is 0 Å². The number of ether oxygens (including phenoxy) is 2. The number of aldehydes is 1. The lowest BCUT2D eigenvalue weighted by Crippen LogP contribution is -2.00. The quantitative estimate of drug-likeness (QED) is 0.697. The van der Waals surface area contributed by atoms with Crippen molar-refractivity contribution in [3.63, 3.8) is 0 Å². The molecular formula is C12H16O3. The summed E-state index contributed by atoms with van der Waals surface area (Å²) in [6, 6.07) is 3.51. The maximum Gasteiger partial charge on any atom is 0.164 e. The van der Waals surface area contributed by atoms with Gasteiger partial charge in [-0.25, -0.2) is 0 Å². The molecule has 0 saturated heterocycles. The Morgan fingerprint density at radius 3 is 2.47 bits per heavy atom. The van der Waals surface area contributed by atoms with Crippen LogP contribution in [0.15, 0.2) is 12.1 Å². The van der Waals surface area contributed by atoms with Gasteiger partial charge in [-0.3, -0.25) is 4.79 Å². The van der Waals surface area contributed by atoms with Gasteiger partial charge in [0.05, 0.1) is 14.2 Å². The lowest BCUT2D eigenvalue weighted by molar-refractivity contribution is 0.112. The molecule has 0 aliphatic carbocycles. The van der Waals surface area contributed by atoms with Crippen molar-refractivity contribution in [1.82, 2.24) is 0 Å². The van der Waals surface area contributed by atoms with Crippen LogP contribution < -0.4 is 9.47 Å². The largest absolute Gasteiger partial charge is 0.493 e. The monoisotopic (exact) mass is 208 g/mol. The molecule has 0 heterocycles. The number of rotatable bonds is 5. The summed E-state index contributed by atoms with van der Waals surface area (Å²) in [5.74, 6) is 1.34. The van der Waals surface area contributed by atoms with E-state index in [0.29, 0.717) is 17.1 Å². The van der Waals surface area contributed by atoms with E-state index in [9.17, 15) is 4.79 Å². The summed E-state index contributed by atoms with van der Waals surface area (Å²) in [5.41, 5.74) is 1.60. The molecule has 0 aliphatic rings. The predicted molar refractivity (Wildman–Crippen MR) is 58.9 cm³/mol. The summed E-state index contributed by atoms with van der Waals surface area (Å²) >= 11 is 0. The molecule has 3 nitrogen and oxygen atoms in total. The molecule has 0 fully saturated rings. The van der Waals surface area contributed by atoms with E-state index in [4.69, 9.17) is 9.47 Å². The van der Waals surface area contributed by atoms with Crippen LogP contribution in [0.3, 0.4) is 0 Å². The van der Waals surface area contributed by atoms with Crippen LogP contribution in [-0.2, 0) is 6.42 Å². The second-order valence-electron chi connectivity index (χ2n) is 3.24. The van der Waals surface area contributed by atoms with Crippen LogP contribution in [0.4, 0.5) is 0 Å². The second kappa shape index (κ2) is 5.39. The van der Waals surface area contributed by atoms with Gasteiger partial charge in [-0.05, 0) is 18.6 Å². The average molecular weight is 208 g/mol. The summed E-state index contributed by atoms with van der Waals surface area (Å²) < 4.78 is 10.5. The van der Waals surface area contributed by atoms with Crippen LogP contribution in [0.25, 0.3) is 0 Å². The van der Waals surface area contributed by atoms with E-state index in [2.05, 4.69) is 6.92 Å². The molecule has 0 saturated carbocycles. The zero-order valence-electron chi connectivity index (χ0n) is 9.37. The summed E-state index contributed by atoms with van der Waals surface area (Å²) in [7, 11) is 3.18. The Labute approximate surface area is 90.0 Å². The zero-order chi connectivity index (χ0) is 11.3. The first-order valence-corrected chi connectivity index (χ1v) is 4.97. The number of carbonyl (C=O) groups excluding carboxylic acids is 1. The topological polar surface area (TPSA) is 35.5 Å². The Morgan fingerprint density at radius 2 is 2.00 bits per heavy atom. The molecule has 0 spiro atoms. The maximum atomic E-state index is 10.9. The smallest absolute Gasteiger partial charge is 0.164 e. The van der Waals surface area contributed by atoms with Crippen LogP contribution in [0.5, 0.6) is 11.5 Å². The SMILES string of the molecule is CCCc1c(C=O)ccc(OC)c1OC. The van der Waals surface area contributed by atoms with Gasteiger partial charge in [0.1, 0.15) is 6.29 Å². The first-order valence-electron chi connectivity index (χ1n) is 4.97. The molecule has 1 rings (SSSR count). The molecule has 0 aliphatic heterocycles. The second-order valence-corrected chi connectivity index (χ2v) is 3.24. The molecule has 15 heavy (non-hydrogen) atoms. The van der Waals surface area contributed by atoms with Crippen molar-refractivity contribution in [3.05, 3.63) is 23.3 Å². The van der Waals surface area contributed by atoms with Crippen LogP contribution in [-0.4, -0.2) is 20.5 Å². The maximum absolute atomic E-state index is 10.9. The molecule has 3 heteroatoms. The molecule has 0 amide bonds. The number of benzene rings is 1. The fourth-order valence-electron chi connectivity index (χ4n) is 1.62. The molecule has 0 radical (unpaired) electrons. The normalized spacial score (nSPS) is 9.80. The summed E-state index contributed by atoms with van der Waals surface area (Å²) in [5, 5.41) is 0. The third-order valence-corrected chi connectivity index (χ3v) is 2.31. The van der Waals surface area contributed by atoms with Crippen LogP contribution in [0.1, 0.15) is 29.3 Å². The number of carbonyl (C=O) groups is 1. The summed E-state index contributed by atoms with van der Waals surface area (Å²) in [6.45, 7) is 2.06. The number of methoxy groups -OCH3 is 2. The van der Waals surface area contributed by atoms with Crippen LogP contribution >= 0.6 is 0 Å². The van der Waals surface area contributed by atoms with Crippen molar-refractivity contribution in [2.45, 2.75) is 19.8 Å². The van der Waals surface area contributed by atoms with E-state index >= 15 is 0 Å².